The summed E-state index contributed by atoms with van der Waals surface area (Å²) in [5.74, 6) is 1.45. The maximum Gasteiger partial charge on any atom is 0.145 e. The molecule has 0 unspecified atom stereocenters. The molecule has 0 aromatic carbocycles. The van der Waals surface area contributed by atoms with Gasteiger partial charge in [-0.2, -0.15) is 5.26 Å². The van der Waals surface area contributed by atoms with Crippen LogP contribution in [-0.4, -0.2) is 41.5 Å². The number of anilines is 1. The molecule has 0 atom stereocenters. The molecule has 17 heavy (non-hydrogen) atoms. The minimum atomic E-state index is 0.408. The first-order valence-corrected chi connectivity index (χ1v) is 5.92. The second-order valence-corrected chi connectivity index (χ2v) is 4.53. The summed E-state index contributed by atoms with van der Waals surface area (Å²) in [6.45, 7) is 3.26. The van der Waals surface area contributed by atoms with Gasteiger partial charge in [-0.1, -0.05) is 0 Å². The monoisotopic (exact) mass is 231 g/mol. The van der Waals surface area contributed by atoms with Crippen LogP contribution < -0.4 is 5.32 Å². The Bertz CT molecular complexity index is 404. The van der Waals surface area contributed by atoms with Crippen LogP contribution in [0.1, 0.15) is 18.5 Å². The molecule has 0 saturated carbocycles. The summed E-state index contributed by atoms with van der Waals surface area (Å²) in [7, 11) is 2.16. The summed E-state index contributed by atoms with van der Waals surface area (Å²) >= 11 is 0. The van der Waals surface area contributed by atoms with E-state index in [2.05, 4.69) is 27.2 Å². The zero-order valence-corrected chi connectivity index (χ0v) is 10.1. The Balaban J connectivity index is 1.83. The minimum Gasteiger partial charge on any atom is -0.370 e. The number of hydrogen-bond donors (Lipinski definition) is 1. The molecule has 1 aliphatic heterocycles. The summed E-state index contributed by atoms with van der Waals surface area (Å²) < 4.78 is 0. The molecule has 1 aromatic rings. The van der Waals surface area contributed by atoms with Gasteiger partial charge >= 0.3 is 0 Å². The smallest absolute Gasteiger partial charge is 0.145 e. The quantitative estimate of drug-likeness (QED) is 0.844. The lowest BCUT2D eigenvalue weighted by atomic mass is 9.97. The predicted octanol–water partition coefficient (Wildman–Crippen LogP) is 1.10. The summed E-state index contributed by atoms with van der Waals surface area (Å²) in [6.07, 6.45) is 3.87. The molecule has 2 heterocycles. The van der Waals surface area contributed by atoms with E-state index in [1.807, 2.05) is 6.07 Å². The maximum atomic E-state index is 8.73. The van der Waals surface area contributed by atoms with Crippen molar-refractivity contribution in [1.82, 2.24) is 14.9 Å². The molecule has 90 valence electrons. The summed E-state index contributed by atoms with van der Waals surface area (Å²) in [5.41, 5.74) is 0.408. The highest BCUT2D eigenvalue weighted by Crippen LogP contribution is 2.16. The second-order valence-electron chi connectivity index (χ2n) is 4.53. The first kappa shape index (κ1) is 11.8. The van der Waals surface area contributed by atoms with Crippen molar-refractivity contribution in [3.05, 3.63) is 18.1 Å². The topological polar surface area (TPSA) is 64.8 Å². The van der Waals surface area contributed by atoms with Gasteiger partial charge in [0.2, 0.25) is 0 Å². The fourth-order valence-electron chi connectivity index (χ4n) is 2.03. The molecule has 0 aliphatic carbocycles. The van der Waals surface area contributed by atoms with Gasteiger partial charge < -0.3 is 10.2 Å². The SMILES string of the molecule is CN1CCC(CNc2cc(C#N)ncn2)CC1. The molecular formula is C12H17N5. The molecule has 5 heteroatoms. The van der Waals surface area contributed by atoms with Gasteiger partial charge in [0.25, 0.3) is 0 Å². The first-order valence-electron chi connectivity index (χ1n) is 5.92. The minimum absolute atomic E-state index is 0.408. The number of nitriles is 1. The predicted molar refractivity (Wildman–Crippen MR) is 65.5 cm³/mol. The molecule has 2 rings (SSSR count). The molecule has 0 radical (unpaired) electrons. The number of piperidine rings is 1. The van der Waals surface area contributed by atoms with Gasteiger partial charge in [0.05, 0.1) is 0 Å². The first-order chi connectivity index (χ1) is 8.28. The van der Waals surface area contributed by atoms with Crippen LogP contribution in [0.3, 0.4) is 0 Å². The highest BCUT2D eigenvalue weighted by molar-refractivity contribution is 5.38. The van der Waals surface area contributed by atoms with Gasteiger partial charge in [-0.15, -0.1) is 0 Å². The average Bonchev–Trinajstić information content (AvgIpc) is 2.38. The largest absolute Gasteiger partial charge is 0.370 e. The maximum absolute atomic E-state index is 8.73. The van der Waals surface area contributed by atoms with Crippen LogP contribution in [-0.2, 0) is 0 Å². The molecular weight excluding hydrogens is 214 g/mol. The van der Waals surface area contributed by atoms with Gasteiger partial charge in [-0.25, -0.2) is 9.97 Å². The van der Waals surface area contributed by atoms with Crippen LogP contribution in [0.25, 0.3) is 0 Å². The fourth-order valence-corrected chi connectivity index (χ4v) is 2.03. The highest BCUT2D eigenvalue weighted by Gasteiger charge is 2.16. The molecule has 1 N–H and O–H groups in total. The van der Waals surface area contributed by atoms with Crippen LogP contribution in [0.4, 0.5) is 5.82 Å². The lowest BCUT2D eigenvalue weighted by Gasteiger charge is -2.29. The van der Waals surface area contributed by atoms with Crippen molar-refractivity contribution in [3.63, 3.8) is 0 Å². The third-order valence-corrected chi connectivity index (χ3v) is 3.19. The van der Waals surface area contributed by atoms with E-state index >= 15 is 0 Å². The van der Waals surface area contributed by atoms with Crippen LogP contribution >= 0.6 is 0 Å². The lowest BCUT2D eigenvalue weighted by molar-refractivity contribution is 0.226. The van der Waals surface area contributed by atoms with Crippen molar-refractivity contribution in [1.29, 1.82) is 5.26 Å². The highest BCUT2D eigenvalue weighted by atomic mass is 15.1. The van der Waals surface area contributed by atoms with Crippen molar-refractivity contribution in [2.75, 3.05) is 32.0 Å². The summed E-state index contributed by atoms with van der Waals surface area (Å²) in [5, 5.41) is 12.0. The number of aromatic nitrogens is 2. The molecule has 5 nitrogen and oxygen atoms in total. The van der Waals surface area contributed by atoms with E-state index in [0.29, 0.717) is 11.6 Å². The molecule has 1 fully saturated rings. The van der Waals surface area contributed by atoms with E-state index in [-0.39, 0.29) is 0 Å². The number of nitrogens with zero attached hydrogens (tertiary/aromatic N) is 4. The Hall–Kier alpha value is -1.67. The number of likely N-dealkylation sites (tertiary alicyclic amines) is 1. The Morgan fingerprint density at radius 1 is 1.47 bits per heavy atom. The van der Waals surface area contributed by atoms with Gasteiger partial charge in [-0.3, -0.25) is 0 Å². The van der Waals surface area contributed by atoms with Crippen LogP contribution in [0.15, 0.2) is 12.4 Å². The lowest BCUT2D eigenvalue weighted by Crippen LogP contribution is -2.33. The molecule has 1 aromatic heterocycles. The van der Waals surface area contributed by atoms with Gasteiger partial charge in [-0.05, 0) is 38.9 Å². The number of rotatable bonds is 3. The summed E-state index contributed by atoms with van der Waals surface area (Å²) in [4.78, 5) is 10.3. The fraction of sp³-hybridized carbons (Fsp3) is 0.583. The van der Waals surface area contributed by atoms with Crippen molar-refractivity contribution in [2.45, 2.75) is 12.8 Å². The molecule has 1 aliphatic rings. The third kappa shape index (κ3) is 3.40. The van der Waals surface area contributed by atoms with E-state index in [1.54, 1.807) is 6.07 Å². The Morgan fingerprint density at radius 2 is 2.24 bits per heavy atom. The van der Waals surface area contributed by atoms with Crippen molar-refractivity contribution in [3.8, 4) is 6.07 Å². The van der Waals surface area contributed by atoms with Gasteiger partial charge in [0, 0.05) is 12.6 Å². The third-order valence-electron chi connectivity index (χ3n) is 3.19. The Labute approximate surface area is 101 Å². The van der Waals surface area contributed by atoms with Gasteiger partial charge in [0.1, 0.15) is 23.9 Å². The average molecular weight is 231 g/mol. The molecule has 1 saturated heterocycles. The van der Waals surface area contributed by atoms with Crippen molar-refractivity contribution >= 4 is 5.82 Å². The molecule has 0 amide bonds. The summed E-state index contributed by atoms with van der Waals surface area (Å²) in [6, 6.07) is 3.70. The Kier molecular flexibility index (Phi) is 3.89. The van der Waals surface area contributed by atoms with E-state index in [9.17, 15) is 0 Å². The zero-order chi connectivity index (χ0) is 12.1. The van der Waals surface area contributed by atoms with E-state index in [4.69, 9.17) is 5.26 Å². The van der Waals surface area contributed by atoms with Crippen molar-refractivity contribution in [2.24, 2.45) is 5.92 Å². The second kappa shape index (κ2) is 5.60. The van der Waals surface area contributed by atoms with Crippen LogP contribution in [0.2, 0.25) is 0 Å². The normalized spacial score (nSPS) is 17.6. The van der Waals surface area contributed by atoms with E-state index < -0.39 is 0 Å². The van der Waals surface area contributed by atoms with E-state index in [1.165, 1.54) is 32.3 Å². The Morgan fingerprint density at radius 3 is 2.94 bits per heavy atom. The number of hydrogen-bond acceptors (Lipinski definition) is 5. The molecule has 0 spiro atoms. The van der Waals surface area contributed by atoms with Crippen LogP contribution in [0, 0.1) is 17.2 Å². The number of nitrogens with one attached hydrogen (secondary N) is 1. The van der Waals surface area contributed by atoms with Gasteiger partial charge in [0.15, 0.2) is 0 Å². The van der Waals surface area contributed by atoms with E-state index in [0.717, 1.165) is 12.4 Å². The standard InChI is InChI=1S/C12H17N5/c1-17-4-2-10(3-5-17)8-14-12-6-11(7-13)15-9-16-12/h6,9-10H,2-5,8H2,1H3,(H,14,15,16). The van der Waals surface area contributed by atoms with Crippen LogP contribution in [0.5, 0.6) is 0 Å². The van der Waals surface area contributed by atoms with Crippen molar-refractivity contribution < 1.29 is 0 Å². The zero-order valence-electron chi connectivity index (χ0n) is 10.1. The molecule has 0 bridgehead atoms.